The largest absolute Gasteiger partial charge is 0.260 e. The Bertz CT molecular complexity index is 108. The van der Waals surface area contributed by atoms with Crippen LogP contribution in [-0.4, -0.2) is 9.96 Å². The minimum Gasteiger partial charge on any atom is -0.260 e. The third-order valence-corrected chi connectivity index (χ3v) is 2.06. The molecule has 0 aliphatic rings. The maximum atomic E-state index is 10.3. The summed E-state index contributed by atoms with van der Waals surface area (Å²) in [5.74, 6) is 1.35. The average molecular weight is 152 g/mol. The molecule has 0 aromatic carbocycles. The van der Waals surface area contributed by atoms with Gasteiger partial charge in [-0.15, -0.1) is 0 Å². The summed E-state index contributed by atoms with van der Waals surface area (Å²) < 4.78 is 10.3. The first-order valence-corrected chi connectivity index (χ1v) is 5.20. The van der Waals surface area contributed by atoms with Crippen LogP contribution in [0.1, 0.15) is 20.3 Å². The molecular weight excluding hydrogens is 140 g/mol. The Morgan fingerprint density at radius 3 is 2.25 bits per heavy atom. The van der Waals surface area contributed by atoms with E-state index < -0.39 is 9.36 Å². The summed E-state index contributed by atoms with van der Waals surface area (Å²) in [6.45, 7) is 4.21. The molecule has 1 nitrogen and oxygen atoms in total. The van der Waals surface area contributed by atoms with E-state index in [-0.39, 0.29) is 0 Å². The van der Waals surface area contributed by atoms with Gasteiger partial charge in [0, 0.05) is 15.1 Å². The summed E-state index contributed by atoms with van der Waals surface area (Å²) in [6, 6.07) is 0. The van der Waals surface area contributed by atoms with Gasteiger partial charge in [-0.05, 0) is 23.5 Å². The minimum absolute atomic E-state index is 0.636. The highest BCUT2D eigenvalue weighted by Crippen LogP contribution is 1.97. The topological polar surface area (TPSA) is 17.1 Å². The van der Waals surface area contributed by atoms with Gasteiger partial charge in [-0.3, -0.25) is 4.21 Å². The van der Waals surface area contributed by atoms with Gasteiger partial charge in [0.1, 0.15) is 0 Å². The zero-order chi connectivity index (χ0) is 6.57. The van der Waals surface area contributed by atoms with Crippen LogP contribution in [0.15, 0.2) is 0 Å². The zero-order valence-electron chi connectivity index (χ0n) is 5.26. The Balaban J connectivity index is 3.18. The fraction of sp³-hybridized carbons (Fsp3) is 1.00. The molecule has 0 fully saturated rings. The van der Waals surface area contributed by atoms with E-state index >= 15 is 0 Å². The smallest absolute Gasteiger partial charge is 0.0234 e. The highest BCUT2D eigenvalue weighted by molar-refractivity contribution is 8.21. The quantitative estimate of drug-likeness (QED) is 0.607. The average Bonchev–Trinajstić information content (AvgIpc) is 1.61. The van der Waals surface area contributed by atoms with E-state index in [1.807, 2.05) is 0 Å². The standard InChI is InChI=1S/C5H12OS2/c1-5(2)3-4-8(6)7/h5,8H,3-4H2,1-2H3. The second-order valence-electron chi connectivity index (χ2n) is 2.24. The van der Waals surface area contributed by atoms with Gasteiger partial charge in [0.25, 0.3) is 0 Å². The summed E-state index contributed by atoms with van der Waals surface area (Å²) in [6.07, 6.45) is 0.999. The first kappa shape index (κ1) is 8.37. The second kappa shape index (κ2) is 4.27. The van der Waals surface area contributed by atoms with E-state index in [1.54, 1.807) is 0 Å². The molecule has 3 heteroatoms. The normalized spacial score (nSPS) is 14.4. The van der Waals surface area contributed by atoms with Crippen molar-refractivity contribution >= 4 is 20.5 Å². The van der Waals surface area contributed by atoms with Crippen LogP contribution >= 0.6 is 0 Å². The first-order valence-electron chi connectivity index (χ1n) is 2.74. The predicted octanol–water partition coefficient (Wildman–Crippen LogP) is 0.975. The van der Waals surface area contributed by atoms with Crippen molar-refractivity contribution in [3.63, 3.8) is 0 Å². The fourth-order valence-corrected chi connectivity index (χ4v) is 1.41. The molecule has 0 saturated heterocycles. The van der Waals surface area contributed by atoms with E-state index in [2.05, 4.69) is 25.0 Å². The maximum Gasteiger partial charge on any atom is 0.0234 e. The Labute approximate surface area is 57.2 Å². The lowest BCUT2D eigenvalue weighted by atomic mass is 10.2. The lowest BCUT2D eigenvalue weighted by molar-refractivity contribution is 0.623. The first-order chi connectivity index (χ1) is 3.63. The van der Waals surface area contributed by atoms with Crippen LogP contribution in [0, 0.1) is 5.92 Å². The molecular formula is C5H12OS2. The van der Waals surface area contributed by atoms with Gasteiger partial charge in [0.15, 0.2) is 0 Å². The number of hydrogen-bond acceptors (Lipinski definition) is 2. The molecule has 0 heterocycles. The summed E-state index contributed by atoms with van der Waals surface area (Å²) in [4.78, 5) is 0. The van der Waals surface area contributed by atoms with Crippen molar-refractivity contribution in [2.24, 2.45) is 5.92 Å². The number of rotatable bonds is 3. The van der Waals surface area contributed by atoms with Crippen molar-refractivity contribution in [3.05, 3.63) is 0 Å². The van der Waals surface area contributed by atoms with Gasteiger partial charge in [0.05, 0.1) is 0 Å². The molecule has 0 bridgehead atoms. The van der Waals surface area contributed by atoms with Crippen molar-refractivity contribution in [1.29, 1.82) is 0 Å². The van der Waals surface area contributed by atoms with Crippen LogP contribution in [0.25, 0.3) is 0 Å². The molecule has 0 saturated carbocycles. The van der Waals surface area contributed by atoms with Crippen LogP contribution in [0.2, 0.25) is 0 Å². The van der Waals surface area contributed by atoms with E-state index in [4.69, 9.17) is 0 Å². The van der Waals surface area contributed by atoms with Gasteiger partial charge in [-0.1, -0.05) is 13.8 Å². The molecule has 0 aromatic heterocycles. The Hall–Kier alpha value is 0.370. The van der Waals surface area contributed by atoms with Crippen LogP contribution in [0.4, 0.5) is 0 Å². The molecule has 8 heavy (non-hydrogen) atoms. The van der Waals surface area contributed by atoms with E-state index in [0.29, 0.717) is 11.7 Å². The van der Waals surface area contributed by atoms with E-state index in [0.717, 1.165) is 6.42 Å². The molecule has 0 aliphatic carbocycles. The van der Waals surface area contributed by atoms with Crippen LogP contribution in [0.3, 0.4) is 0 Å². The van der Waals surface area contributed by atoms with Crippen molar-refractivity contribution in [2.45, 2.75) is 20.3 Å². The SMILES string of the molecule is CC(C)CC[SH](=O)=S. The molecule has 1 unspecified atom stereocenters. The molecule has 0 radical (unpaired) electrons. The highest BCUT2D eigenvalue weighted by atomic mass is 32.8. The van der Waals surface area contributed by atoms with Crippen molar-refractivity contribution in [1.82, 2.24) is 0 Å². The van der Waals surface area contributed by atoms with Crippen LogP contribution in [0.5, 0.6) is 0 Å². The van der Waals surface area contributed by atoms with Gasteiger partial charge < -0.3 is 0 Å². The Kier molecular flexibility index (Phi) is 4.47. The third kappa shape index (κ3) is 6.37. The third-order valence-electron chi connectivity index (χ3n) is 0.889. The van der Waals surface area contributed by atoms with Gasteiger partial charge in [-0.2, -0.15) is 0 Å². The Morgan fingerprint density at radius 1 is 1.62 bits per heavy atom. The molecule has 1 atom stereocenters. The molecule has 0 aromatic rings. The minimum atomic E-state index is -1.30. The predicted molar refractivity (Wildman–Crippen MR) is 41.2 cm³/mol. The molecule has 0 aliphatic heterocycles. The molecule has 0 N–H and O–H groups in total. The highest BCUT2D eigenvalue weighted by Gasteiger charge is 1.90. The van der Waals surface area contributed by atoms with E-state index in [1.165, 1.54) is 0 Å². The number of thiol groups is 1. The zero-order valence-corrected chi connectivity index (χ0v) is 6.97. The van der Waals surface area contributed by atoms with Gasteiger partial charge in [-0.25, -0.2) is 0 Å². The maximum absolute atomic E-state index is 10.3. The van der Waals surface area contributed by atoms with Crippen molar-refractivity contribution in [3.8, 4) is 0 Å². The summed E-state index contributed by atoms with van der Waals surface area (Å²) >= 11 is 4.51. The molecule has 0 amide bonds. The van der Waals surface area contributed by atoms with Gasteiger partial charge in [0.2, 0.25) is 0 Å². The Morgan fingerprint density at radius 2 is 2.12 bits per heavy atom. The molecule has 50 valence electrons. The van der Waals surface area contributed by atoms with Crippen LogP contribution in [-0.2, 0) is 20.5 Å². The van der Waals surface area contributed by atoms with Crippen molar-refractivity contribution in [2.75, 3.05) is 5.75 Å². The fourth-order valence-electron chi connectivity index (χ4n) is 0.364. The number of hydrogen-bond donors (Lipinski definition) is 1. The summed E-state index contributed by atoms with van der Waals surface area (Å²) in [5.41, 5.74) is 0. The lowest BCUT2D eigenvalue weighted by Gasteiger charge is -1.96. The van der Waals surface area contributed by atoms with Gasteiger partial charge >= 0.3 is 0 Å². The molecule has 0 spiro atoms. The monoisotopic (exact) mass is 152 g/mol. The van der Waals surface area contributed by atoms with Crippen molar-refractivity contribution < 1.29 is 4.21 Å². The van der Waals surface area contributed by atoms with E-state index in [9.17, 15) is 4.21 Å². The summed E-state index contributed by atoms with van der Waals surface area (Å²) in [5, 5.41) is 0. The van der Waals surface area contributed by atoms with Crippen LogP contribution < -0.4 is 0 Å². The second-order valence-corrected chi connectivity index (χ2v) is 4.57. The lowest BCUT2D eigenvalue weighted by Crippen LogP contribution is -1.92. The molecule has 0 rings (SSSR count). The summed E-state index contributed by atoms with van der Waals surface area (Å²) in [7, 11) is -1.30.